The van der Waals surface area contributed by atoms with Gasteiger partial charge in [0.1, 0.15) is 16.5 Å². The van der Waals surface area contributed by atoms with Crippen molar-refractivity contribution in [3.8, 4) is 0 Å². The number of halogens is 2. The Balaban J connectivity index is 2.03. The summed E-state index contributed by atoms with van der Waals surface area (Å²) >= 11 is 0. The van der Waals surface area contributed by atoms with Gasteiger partial charge < -0.3 is 5.73 Å². The zero-order chi connectivity index (χ0) is 14.8. The monoisotopic (exact) mass is 304 g/mol. The van der Waals surface area contributed by atoms with E-state index in [-0.39, 0.29) is 18.5 Å². The van der Waals surface area contributed by atoms with E-state index in [9.17, 15) is 17.2 Å². The van der Waals surface area contributed by atoms with Crippen LogP contribution in [0.2, 0.25) is 0 Å². The van der Waals surface area contributed by atoms with Gasteiger partial charge in [0.15, 0.2) is 0 Å². The zero-order valence-corrected chi connectivity index (χ0v) is 11.8. The molecular formula is C13H18F2N2O2S. The first-order chi connectivity index (χ1) is 9.38. The third-order valence-electron chi connectivity index (χ3n) is 3.57. The molecule has 0 saturated heterocycles. The van der Waals surface area contributed by atoms with Crippen molar-refractivity contribution in [2.75, 3.05) is 6.54 Å². The highest BCUT2D eigenvalue weighted by atomic mass is 32.2. The SMILES string of the molecule is NC1CCCC(CNS(=O)(=O)c2ccc(F)cc2F)C1. The van der Waals surface area contributed by atoms with Crippen LogP contribution in [0.4, 0.5) is 8.78 Å². The van der Waals surface area contributed by atoms with E-state index in [1.807, 2.05) is 0 Å². The molecule has 2 atom stereocenters. The number of nitrogens with one attached hydrogen (secondary N) is 1. The molecule has 1 aliphatic carbocycles. The molecule has 112 valence electrons. The summed E-state index contributed by atoms with van der Waals surface area (Å²) in [5.74, 6) is -1.73. The number of rotatable bonds is 4. The predicted octanol–water partition coefficient (Wildman–Crippen LogP) is 1.76. The fourth-order valence-corrected chi connectivity index (χ4v) is 3.69. The molecule has 7 heteroatoms. The van der Waals surface area contributed by atoms with E-state index in [4.69, 9.17) is 5.73 Å². The molecule has 1 fully saturated rings. The van der Waals surface area contributed by atoms with Crippen molar-refractivity contribution >= 4 is 10.0 Å². The molecule has 2 rings (SSSR count). The van der Waals surface area contributed by atoms with Gasteiger partial charge in [0.25, 0.3) is 0 Å². The van der Waals surface area contributed by atoms with Gasteiger partial charge in [-0.25, -0.2) is 21.9 Å². The summed E-state index contributed by atoms with van der Waals surface area (Å²) in [6.45, 7) is 0.229. The summed E-state index contributed by atoms with van der Waals surface area (Å²) in [5.41, 5.74) is 5.84. The van der Waals surface area contributed by atoms with Crippen molar-refractivity contribution in [3.63, 3.8) is 0 Å². The second-order valence-electron chi connectivity index (χ2n) is 5.22. The molecule has 4 nitrogen and oxygen atoms in total. The van der Waals surface area contributed by atoms with Gasteiger partial charge in [-0.3, -0.25) is 0 Å². The van der Waals surface area contributed by atoms with Crippen LogP contribution in [0, 0.1) is 17.6 Å². The van der Waals surface area contributed by atoms with Crippen LogP contribution in [0.25, 0.3) is 0 Å². The minimum absolute atomic E-state index is 0.0980. The Morgan fingerprint density at radius 2 is 2.05 bits per heavy atom. The van der Waals surface area contributed by atoms with E-state index in [2.05, 4.69) is 4.72 Å². The van der Waals surface area contributed by atoms with E-state index in [1.165, 1.54) is 0 Å². The van der Waals surface area contributed by atoms with Gasteiger partial charge in [0.2, 0.25) is 10.0 Å². The molecule has 1 aromatic carbocycles. The molecular weight excluding hydrogens is 286 g/mol. The highest BCUT2D eigenvalue weighted by Gasteiger charge is 2.23. The fraction of sp³-hybridized carbons (Fsp3) is 0.538. The maximum Gasteiger partial charge on any atom is 0.243 e. The van der Waals surface area contributed by atoms with Gasteiger partial charge in [-0.15, -0.1) is 0 Å². The standard InChI is InChI=1S/C13H18F2N2O2S/c14-10-4-5-13(12(15)7-10)20(18,19)17-8-9-2-1-3-11(16)6-9/h4-5,7,9,11,17H,1-3,6,8,16H2. The van der Waals surface area contributed by atoms with Crippen molar-refractivity contribution in [1.82, 2.24) is 4.72 Å². The van der Waals surface area contributed by atoms with Crippen molar-refractivity contribution in [1.29, 1.82) is 0 Å². The lowest BCUT2D eigenvalue weighted by Crippen LogP contribution is -2.35. The highest BCUT2D eigenvalue weighted by molar-refractivity contribution is 7.89. The van der Waals surface area contributed by atoms with Crippen molar-refractivity contribution in [2.45, 2.75) is 36.6 Å². The highest BCUT2D eigenvalue weighted by Crippen LogP contribution is 2.23. The normalized spacial score (nSPS) is 23.8. The Morgan fingerprint density at radius 3 is 2.70 bits per heavy atom. The van der Waals surface area contributed by atoms with Gasteiger partial charge in [-0.2, -0.15) is 0 Å². The minimum atomic E-state index is -3.96. The molecule has 0 bridgehead atoms. The molecule has 0 spiro atoms. The number of hydrogen-bond acceptors (Lipinski definition) is 3. The van der Waals surface area contributed by atoms with Gasteiger partial charge in [-0.1, -0.05) is 6.42 Å². The molecule has 1 saturated carbocycles. The Bertz CT molecular complexity index is 578. The molecule has 0 amide bonds. The summed E-state index contributed by atoms with van der Waals surface area (Å²) in [5, 5.41) is 0. The van der Waals surface area contributed by atoms with Gasteiger partial charge in [0, 0.05) is 18.7 Å². The third kappa shape index (κ3) is 3.74. The average Bonchev–Trinajstić information content (AvgIpc) is 2.36. The topological polar surface area (TPSA) is 72.2 Å². The zero-order valence-electron chi connectivity index (χ0n) is 11.0. The Kier molecular flexibility index (Phi) is 4.72. The summed E-state index contributed by atoms with van der Waals surface area (Å²) in [6, 6.07) is 2.51. The third-order valence-corrected chi connectivity index (χ3v) is 5.03. The lowest BCUT2D eigenvalue weighted by Gasteiger charge is -2.26. The van der Waals surface area contributed by atoms with Gasteiger partial charge in [0.05, 0.1) is 0 Å². The van der Waals surface area contributed by atoms with Crippen molar-refractivity contribution in [2.24, 2.45) is 11.7 Å². The Labute approximate surface area is 117 Å². The Morgan fingerprint density at radius 1 is 1.30 bits per heavy atom. The quantitative estimate of drug-likeness (QED) is 0.890. The summed E-state index contributed by atoms with van der Waals surface area (Å²) < 4.78 is 52.6. The van der Waals surface area contributed by atoms with Crippen molar-refractivity contribution < 1.29 is 17.2 Å². The molecule has 3 N–H and O–H groups in total. The number of benzene rings is 1. The van der Waals surface area contributed by atoms with Gasteiger partial charge >= 0.3 is 0 Å². The first-order valence-electron chi connectivity index (χ1n) is 6.59. The number of sulfonamides is 1. The first-order valence-corrected chi connectivity index (χ1v) is 8.07. The first kappa shape index (κ1) is 15.3. The molecule has 2 unspecified atom stereocenters. The maximum absolute atomic E-state index is 13.5. The largest absolute Gasteiger partial charge is 0.328 e. The van der Waals surface area contributed by atoms with Crippen LogP contribution in [-0.4, -0.2) is 21.0 Å². The fourth-order valence-electron chi connectivity index (χ4n) is 2.52. The van der Waals surface area contributed by atoms with Crippen LogP contribution < -0.4 is 10.5 Å². The molecule has 1 aliphatic rings. The number of nitrogens with two attached hydrogens (primary N) is 1. The molecule has 0 radical (unpaired) electrons. The van der Waals surface area contributed by atoms with E-state index in [1.54, 1.807) is 0 Å². The van der Waals surface area contributed by atoms with Crippen LogP contribution in [0.5, 0.6) is 0 Å². The Hall–Kier alpha value is -1.05. The van der Waals surface area contributed by atoms with Crippen molar-refractivity contribution in [3.05, 3.63) is 29.8 Å². The predicted molar refractivity (Wildman–Crippen MR) is 71.5 cm³/mol. The average molecular weight is 304 g/mol. The molecule has 20 heavy (non-hydrogen) atoms. The molecule has 0 aromatic heterocycles. The smallest absolute Gasteiger partial charge is 0.243 e. The summed E-state index contributed by atoms with van der Waals surface area (Å²) in [4.78, 5) is -0.529. The van der Waals surface area contributed by atoms with E-state index in [0.717, 1.165) is 37.8 Å². The summed E-state index contributed by atoms with van der Waals surface area (Å²) in [7, 11) is -3.96. The van der Waals surface area contributed by atoms with E-state index in [0.29, 0.717) is 6.07 Å². The van der Waals surface area contributed by atoms with Crippen LogP contribution in [0.15, 0.2) is 23.1 Å². The van der Waals surface area contributed by atoms with Crippen LogP contribution >= 0.6 is 0 Å². The summed E-state index contributed by atoms with van der Waals surface area (Å²) in [6.07, 6.45) is 3.59. The van der Waals surface area contributed by atoms with Crippen LogP contribution in [-0.2, 0) is 10.0 Å². The van der Waals surface area contributed by atoms with Crippen LogP contribution in [0.3, 0.4) is 0 Å². The second-order valence-corrected chi connectivity index (χ2v) is 6.95. The van der Waals surface area contributed by atoms with E-state index >= 15 is 0 Å². The number of hydrogen-bond donors (Lipinski definition) is 2. The van der Waals surface area contributed by atoms with Crippen LogP contribution in [0.1, 0.15) is 25.7 Å². The second kappa shape index (κ2) is 6.15. The lowest BCUT2D eigenvalue weighted by atomic mass is 9.86. The molecule has 0 aliphatic heterocycles. The minimum Gasteiger partial charge on any atom is -0.328 e. The molecule has 1 aromatic rings. The molecule has 0 heterocycles. The van der Waals surface area contributed by atoms with Gasteiger partial charge in [-0.05, 0) is 37.3 Å². The lowest BCUT2D eigenvalue weighted by molar-refractivity contribution is 0.322. The maximum atomic E-state index is 13.5. The van der Waals surface area contributed by atoms with E-state index < -0.39 is 26.6 Å².